The molecular formula is C10H10N2OS2. The van der Waals surface area contributed by atoms with E-state index >= 15 is 0 Å². The van der Waals surface area contributed by atoms with Gasteiger partial charge in [0.05, 0.1) is 0 Å². The number of amides is 1. The molecule has 1 heterocycles. The topological polar surface area (TPSA) is 41.1 Å². The molecule has 1 aromatic carbocycles. The van der Waals surface area contributed by atoms with E-state index < -0.39 is 0 Å². The number of carbonyl (C=O) groups excluding carboxylic acids is 1. The smallest absolute Gasteiger partial charge is 0.240 e. The Morgan fingerprint density at radius 3 is 2.73 bits per heavy atom. The van der Waals surface area contributed by atoms with Crippen molar-refractivity contribution in [3.05, 3.63) is 30.3 Å². The summed E-state index contributed by atoms with van der Waals surface area (Å²) in [4.78, 5) is 11.3. The Balaban J connectivity index is 1.89. The highest BCUT2D eigenvalue weighted by atomic mass is 32.2. The van der Waals surface area contributed by atoms with Crippen LogP contribution in [0.15, 0.2) is 30.3 Å². The van der Waals surface area contributed by atoms with Crippen LogP contribution in [0.4, 0.5) is 5.69 Å². The molecule has 0 radical (unpaired) electrons. The molecule has 1 fully saturated rings. The van der Waals surface area contributed by atoms with Gasteiger partial charge in [-0.2, -0.15) is 0 Å². The molecule has 2 N–H and O–H groups in total. The van der Waals surface area contributed by atoms with Gasteiger partial charge in [-0.3, -0.25) is 4.79 Å². The Morgan fingerprint density at radius 2 is 2.13 bits per heavy atom. The summed E-state index contributed by atoms with van der Waals surface area (Å²) < 4.78 is 0.569. The van der Waals surface area contributed by atoms with Gasteiger partial charge >= 0.3 is 0 Å². The lowest BCUT2D eigenvalue weighted by Crippen LogP contribution is -2.28. The molecule has 0 spiro atoms. The standard InChI is InChI=1S/C10H10N2OS2/c13-9-8(15-10(14)12-9)6-11-7-4-2-1-3-5-7/h1-5,8,11H,6H2,(H,12,13,14)/t8-/m0/s1. The molecule has 5 heteroatoms. The fourth-order valence-corrected chi connectivity index (χ4v) is 2.49. The zero-order valence-electron chi connectivity index (χ0n) is 7.90. The first-order valence-electron chi connectivity index (χ1n) is 4.56. The molecule has 1 aliphatic heterocycles. The largest absolute Gasteiger partial charge is 0.383 e. The van der Waals surface area contributed by atoms with Crippen LogP contribution >= 0.6 is 24.0 Å². The van der Waals surface area contributed by atoms with Crippen LogP contribution < -0.4 is 10.6 Å². The van der Waals surface area contributed by atoms with E-state index in [-0.39, 0.29) is 11.2 Å². The molecule has 0 aliphatic carbocycles. The van der Waals surface area contributed by atoms with Crippen LogP contribution in [0, 0.1) is 0 Å². The molecule has 15 heavy (non-hydrogen) atoms. The Morgan fingerprint density at radius 1 is 1.40 bits per heavy atom. The average Bonchev–Trinajstić information content (AvgIpc) is 2.56. The summed E-state index contributed by atoms with van der Waals surface area (Å²) in [6.45, 7) is 0.598. The molecule has 0 aromatic heterocycles. The van der Waals surface area contributed by atoms with E-state index in [9.17, 15) is 4.79 Å². The number of anilines is 1. The summed E-state index contributed by atoms with van der Waals surface area (Å²) in [7, 11) is 0. The summed E-state index contributed by atoms with van der Waals surface area (Å²) in [5.74, 6) is -0.00608. The number of nitrogens with one attached hydrogen (secondary N) is 2. The molecule has 1 amide bonds. The molecule has 0 unspecified atom stereocenters. The average molecular weight is 238 g/mol. The minimum atomic E-state index is -0.113. The number of thioether (sulfide) groups is 1. The van der Waals surface area contributed by atoms with Gasteiger partial charge in [-0.15, -0.1) is 0 Å². The quantitative estimate of drug-likeness (QED) is 0.785. The van der Waals surface area contributed by atoms with Crippen LogP contribution in [-0.2, 0) is 4.79 Å². The van der Waals surface area contributed by atoms with Crippen molar-refractivity contribution < 1.29 is 4.79 Å². The third-order valence-electron chi connectivity index (χ3n) is 2.03. The first kappa shape index (κ1) is 10.4. The second-order valence-electron chi connectivity index (χ2n) is 3.13. The van der Waals surface area contributed by atoms with Gasteiger partial charge in [0.25, 0.3) is 0 Å². The van der Waals surface area contributed by atoms with E-state index in [0.29, 0.717) is 10.9 Å². The molecular weight excluding hydrogens is 228 g/mol. The van der Waals surface area contributed by atoms with E-state index in [1.165, 1.54) is 11.8 Å². The van der Waals surface area contributed by atoms with Crippen LogP contribution in [0.3, 0.4) is 0 Å². The lowest BCUT2D eigenvalue weighted by molar-refractivity contribution is -0.118. The first-order chi connectivity index (χ1) is 7.25. The molecule has 1 atom stereocenters. The Hall–Kier alpha value is -1.07. The number of hydrogen-bond acceptors (Lipinski definition) is 4. The van der Waals surface area contributed by atoms with Gasteiger partial charge in [0.1, 0.15) is 9.57 Å². The van der Waals surface area contributed by atoms with Crippen LogP contribution in [0.1, 0.15) is 0 Å². The minimum Gasteiger partial charge on any atom is -0.383 e. The van der Waals surface area contributed by atoms with Crippen LogP contribution in [0.5, 0.6) is 0 Å². The van der Waals surface area contributed by atoms with Gasteiger partial charge in [0.2, 0.25) is 5.91 Å². The van der Waals surface area contributed by atoms with Crippen LogP contribution in [0.25, 0.3) is 0 Å². The maximum atomic E-state index is 11.3. The third-order valence-corrected chi connectivity index (χ3v) is 3.40. The maximum absolute atomic E-state index is 11.3. The molecule has 3 nitrogen and oxygen atoms in total. The fourth-order valence-electron chi connectivity index (χ4n) is 1.29. The molecule has 1 aliphatic rings. The van der Waals surface area contributed by atoms with Gasteiger partial charge in [-0.25, -0.2) is 0 Å². The molecule has 0 saturated carbocycles. The van der Waals surface area contributed by atoms with Crippen molar-refractivity contribution in [1.29, 1.82) is 0 Å². The normalized spacial score (nSPS) is 20.1. The highest BCUT2D eigenvalue weighted by Gasteiger charge is 2.28. The number of carbonyl (C=O) groups is 1. The van der Waals surface area contributed by atoms with Gasteiger partial charge in [0.15, 0.2) is 0 Å². The van der Waals surface area contributed by atoms with E-state index in [1.54, 1.807) is 0 Å². The molecule has 1 saturated heterocycles. The summed E-state index contributed by atoms with van der Waals surface area (Å²) >= 11 is 6.31. The van der Waals surface area contributed by atoms with Crippen molar-refractivity contribution in [2.45, 2.75) is 5.25 Å². The number of para-hydroxylation sites is 1. The monoisotopic (exact) mass is 238 g/mol. The zero-order valence-corrected chi connectivity index (χ0v) is 9.53. The maximum Gasteiger partial charge on any atom is 0.240 e. The number of hydrogen-bond donors (Lipinski definition) is 2. The molecule has 78 valence electrons. The van der Waals surface area contributed by atoms with Crippen molar-refractivity contribution in [2.75, 3.05) is 11.9 Å². The predicted octanol–water partition coefficient (Wildman–Crippen LogP) is 1.61. The SMILES string of the molecule is O=C1NC(=S)S[C@H]1CNc1ccccc1. The van der Waals surface area contributed by atoms with Crippen LogP contribution in [-0.4, -0.2) is 22.0 Å². The van der Waals surface area contributed by atoms with Crippen molar-refractivity contribution in [2.24, 2.45) is 0 Å². The molecule has 1 aromatic rings. The lowest BCUT2D eigenvalue weighted by atomic mass is 10.3. The highest BCUT2D eigenvalue weighted by Crippen LogP contribution is 2.19. The number of benzene rings is 1. The summed E-state index contributed by atoms with van der Waals surface area (Å²) in [5.41, 5.74) is 1.02. The van der Waals surface area contributed by atoms with Gasteiger partial charge in [-0.05, 0) is 12.1 Å². The van der Waals surface area contributed by atoms with Crippen molar-refractivity contribution >= 4 is 39.9 Å². The summed E-state index contributed by atoms with van der Waals surface area (Å²) in [5, 5.41) is 5.70. The predicted molar refractivity (Wildman–Crippen MR) is 67.1 cm³/mol. The molecule has 0 bridgehead atoms. The van der Waals surface area contributed by atoms with Crippen LogP contribution in [0.2, 0.25) is 0 Å². The minimum absolute atomic E-state index is 0.00608. The Bertz CT molecular complexity index is 380. The zero-order chi connectivity index (χ0) is 10.7. The van der Waals surface area contributed by atoms with Gasteiger partial charge in [-0.1, -0.05) is 42.2 Å². The van der Waals surface area contributed by atoms with E-state index in [0.717, 1.165) is 5.69 Å². The lowest BCUT2D eigenvalue weighted by Gasteiger charge is -2.08. The van der Waals surface area contributed by atoms with E-state index in [4.69, 9.17) is 12.2 Å². The Kier molecular flexibility index (Phi) is 3.23. The van der Waals surface area contributed by atoms with Crippen molar-refractivity contribution in [3.63, 3.8) is 0 Å². The number of thiocarbonyl (C=S) groups is 1. The van der Waals surface area contributed by atoms with Gasteiger partial charge in [0, 0.05) is 12.2 Å². The number of rotatable bonds is 3. The first-order valence-corrected chi connectivity index (χ1v) is 5.85. The summed E-state index contributed by atoms with van der Waals surface area (Å²) in [6, 6.07) is 9.80. The second kappa shape index (κ2) is 4.63. The molecule has 2 rings (SSSR count). The van der Waals surface area contributed by atoms with E-state index in [1.807, 2.05) is 30.3 Å². The van der Waals surface area contributed by atoms with Gasteiger partial charge < -0.3 is 10.6 Å². The van der Waals surface area contributed by atoms with Crippen molar-refractivity contribution in [3.8, 4) is 0 Å². The second-order valence-corrected chi connectivity index (χ2v) is 5.01. The fraction of sp³-hybridized carbons (Fsp3) is 0.200. The highest BCUT2D eigenvalue weighted by molar-refractivity contribution is 8.24. The summed E-state index contributed by atoms with van der Waals surface area (Å²) in [6.07, 6.45) is 0. The Labute approximate surface area is 97.6 Å². The van der Waals surface area contributed by atoms with Crippen molar-refractivity contribution in [1.82, 2.24) is 5.32 Å². The third kappa shape index (κ3) is 2.70. The van der Waals surface area contributed by atoms with E-state index in [2.05, 4.69) is 10.6 Å².